The highest BCUT2D eigenvalue weighted by atomic mass is 35.5. The van der Waals surface area contributed by atoms with Gasteiger partial charge in [-0.1, -0.05) is 0 Å². The molecule has 0 aromatic heterocycles. The molecule has 0 radical (unpaired) electrons. The smallest absolute Gasteiger partial charge is 0.251 e. The maximum Gasteiger partial charge on any atom is 0.251 e. The van der Waals surface area contributed by atoms with E-state index >= 15 is 0 Å². The predicted molar refractivity (Wildman–Crippen MR) is 79.1 cm³/mol. The SMILES string of the molecule is COc1ccc(C(=O)NCCN2CCOCC2)cc1OC.[Cl-]. The van der Waals surface area contributed by atoms with Gasteiger partial charge in [-0.3, -0.25) is 9.69 Å². The molecule has 1 amide bonds. The molecular formula is C15H22ClN2O4-. The second kappa shape index (κ2) is 9.50. The van der Waals surface area contributed by atoms with E-state index in [1.54, 1.807) is 32.4 Å². The summed E-state index contributed by atoms with van der Waals surface area (Å²) in [6, 6.07) is 5.14. The number of nitrogens with one attached hydrogen (secondary N) is 1. The zero-order valence-electron chi connectivity index (χ0n) is 12.9. The van der Waals surface area contributed by atoms with Crippen molar-refractivity contribution >= 4 is 5.91 Å². The van der Waals surface area contributed by atoms with Gasteiger partial charge in [-0.25, -0.2) is 0 Å². The highest BCUT2D eigenvalue weighted by molar-refractivity contribution is 5.94. The minimum Gasteiger partial charge on any atom is -1.00 e. The Bertz CT molecular complexity index is 479. The Balaban J connectivity index is 0.00000242. The van der Waals surface area contributed by atoms with Gasteiger partial charge in [0.25, 0.3) is 5.91 Å². The first-order chi connectivity index (χ1) is 10.2. The first kappa shape index (κ1) is 18.5. The van der Waals surface area contributed by atoms with Gasteiger partial charge in [0, 0.05) is 31.7 Å². The zero-order chi connectivity index (χ0) is 15.1. The summed E-state index contributed by atoms with van der Waals surface area (Å²) in [4.78, 5) is 14.4. The van der Waals surface area contributed by atoms with Gasteiger partial charge in [-0.2, -0.15) is 0 Å². The molecule has 0 spiro atoms. The van der Waals surface area contributed by atoms with E-state index in [1.807, 2.05) is 0 Å². The molecule has 0 bridgehead atoms. The summed E-state index contributed by atoms with van der Waals surface area (Å²) in [6.07, 6.45) is 0. The lowest BCUT2D eigenvalue weighted by molar-refractivity contribution is -0.0000155. The molecule has 0 aliphatic carbocycles. The summed E-state index contributed by atoms with van der Waals surface area (Å²) in [5, 5.41) is 2.92. The standard InChI is InChI=1S/C15H22N2O4.ClH/c1-19-13-4-3-12(11-14(13)20-2)15(18)16-5-6-17-7-9-21-10-8-17;/h3-4,11H,5-10H2,1-2H3,(H,16,18);1H/p-1. The van der Waals surface area contributed by atoms with E-state index < -0.39 is 0 Å². The Morgan fingerprint density at radius 3 is 2.55 bits per heavy atom. The van der Waals surface area contributed by atoms with Crippen molar-refractivity contribution in [3.63, 3.8) is 0 Å². The largest absolute Gasteiger partial charge is 1.00 e. The maximum atomic E-state index is 12.1. The van der Waals surface area contributed by atoms with E-state index in [0.717, 1.165) is 32.8 Å². The third-order valence-electron chi connectivity index (χ3n) is 3.46. The van der Waals surface area contributed by atoms with Gasteiger partial charge >= 0.3 is 0 Å². The Morgan fingerprint density at radius 1 is 1.23 bits per heavy atom. The van der Waals surface area contributed by atoms with Crippen LogP contribution < -0.4 is 27.2 Å². The first-order valence-corrected chi connectivity index (χ1v) is 7.05. The van der Waals surface area contributed by atoms with Gasteiger partial charge in [0.2, 0.25) is 0 Å². The van der Waals surface area contributed by atoms with Crippen LogP contribution in [-0.2, 0) is 4.74 Å². The lowest BCUT2D eigenvalue weighted by Crippen LogP contribution is -3.00. The van der Waals surface area contributed by atoms with Crippen molar-refractivity contribution in [3.8, 4) is 11.5 Å². The van der Waals surface area contributed by atoms with Crippen LogP contribution in [0.25, 0.3) is 0 Å². The number of carbonyl (C=O) groups is 1. The van der Waals surface area contributed by atoms with E-state index in [2.05, 4.69) is 10.2 Å². The lowest BCUT2D eigenvalue weighted by Gasteiger charge is -2.26. The fourth-order valence-corrected chi connectivity index (χ4v) is 2.23. The van der Waals surface area contributed by atoms with E-state index in [1.165, 1.54) is 0 Å². The number of benzene rings is 1. The van der Waals surface area contributed by atoms with E-state index in [-0.39, 0.29) is 18.3 Å². The Kier molecular flexibility index (Phi) is 8.01. The number of hydrogen-bond donors (Lipinski definition) is 1. The molecule has 1 aromatic rings. The number of methoxy groups -OCH3 is 2. The third-order valence-corrected chi connectivity index (χ3v) is 3.46. The van der Waals surface area contributed by atoms with Crippen LogP contribution in [0.1, 0.15) is 10.4 Å². The van der Waals surface area contributed by atoms with Crippen LogP contribution in [0.3, 0.4) is 0 Å². The Hall–Kier alpha value is -1.50. The van der Waals surface area contributed by atoms with Crippen molar-refractivity contribution in [2.24, 2.45) is 0 Å². The van der Waals surface area contributed by atoms with Crippen LogP contribution in [0.2, 0.25) is 0 Å². The van der Waals surface area contributed by atoms with Gasteiger partial charge in [0.15, 0.2) is 11.5 Å². The van der Waals surface area contributed by atoms with Gasteiger partial charge in [-0.05, 0) is 18.2 Å². The number of ether oxygens (including phenoxy) is 3. The van der Waals surface area contributed by atoms with Gasteiger partial charge in [0.05, 0.1) is 27.4 Å². The molecule has 124 valence electrons. The number of halogens is 1. The van der Waals surface area contributed by atoms with E-state index in [4.69, 9.17) is 14.2 Å². The van der Waals surface area contributed by atoms with Crippen LogP contribution in [0.4, 0.5) is 0 Å². The summed E-state index contributed by atoms with van der Waals surface area (Å²) in [6.45, 7) is 4.83. The van der Waals surface area contributed by atoms with Crippen molar-refractivity contribution in [1.82, 2.24) is 10.2 Å². The highest BCUT2D eigenvalue weighted by Crippen LogP contribution is 2.27. The third kappa shape index (κ3) is 5.05. The lowest BCUT2D eigenvalue weighted by atomic mass is 10.2. The molecule has 0 saturated carbocycles. The summed E-state index contributed by atoms with van der Waals surface area (Å²) < 4.78 is 15.6. The van der Waals surface area contributed by atoms with Crippen molar-refractivity contribution in [3.05, 3.63) is 23.8 Å². The molecule has 1 aromatic carbocycles. The van der Waals surface area contributed by atoms with Crippen LogP contribution >= 0.6 is 0 Å². The molecule has 22 heavy (non-hydrogen) atoms. The molecule has 1 fully saturated rings. The summed E-state index contributed by atoms with van der Waals surface area (Å²) in [5.41, 5.74) is 0.564. The van der Waals surface area contributed by atoms with Gasteiger partial charge < -0.3 is 31.9 Å². The molecule has 0 atom stereocenters. The van der Waals surface area contributed by atoms with Gasteiger partial charge in [0.1, 0.15) is 0 Å². The quantitative estimate of drug-likeness (QED) is 0.640. The average Bonchev–Trinajstić information content (AvgIpc) is 2.55. The van der Waals surface area contributed by atoms with Crippen molar-refractivity contribution in [2.45, 2.75) is 0 Å². The molecule has 1 N–H and O–H groups in total. The Labute approximate surface area is 137 Å². The normalized spacial score (nSPS) is 14.8. The molecule has 1 saturated heterocycles. The van der Waals surface area contributed by atoms with Crippen LogP contribution in [0.15, 0.2) is 18.2 Å². The monoisotopic (exact) mass is 329 g/mol. The number of nitrogens with zero attached hydrogens (tertiary/aromatic N) is 1. The molecule has 0 unspecified atom stereocenters. The second-order valence-corrected chi connectivity index (χ2v) is 4.78. The molecule has 6 nitrogen and oxygen atoms in total. The summed E-state index contributed by atoms with van der Waals surface area (Å²) >= 11 is 0. The molecule has 1 heterocycles. The summed E-state index contributed by atoms with van der Waals surface area (Å²) in [7, 11) is 3.12. The number of carbonyl (C=O) groups excluding carboxylic acids is 1. The minimum absolute atomic E-state index is 0. The molecular weight excluding hydrogens is 308 g/mol. The fraction of sp³-hybridized carbons (Fsp3) is 0.533. The van der Waals surface area contributed by atoms with Crippen molar-refractivity contribution in [2.75, 3.05) is 53.6 Å². The van der Waals surface area contributed by atoms with E-state index in [9.17, 15) is 4.79 Å². The number of rotatable bonds is 6. The van der Waals surface area contributed by atoms with Crippen LogP contribution in [-0.4, -0.2) is 64.4 Å². The minimum atomic E-state index is -0.107. The second-order valence-electron chi connectivity index (χ2n) is 4.78. The number of morpholine rings is 1. The number of hydrogen-bond acceptors (Lipinski definition) is 5. The predicted octanol–water partition coefficient (Wildman–Crippen LogP) is -2.23. The van der Waals surface area contributed by atoms with E-state index in [0.29, 0.717) is 23.6 Å². The molecule has 1 aliphatic rings. The molecule has 1 aliphatic heterocycles. The Morgan fingerprint density at radius 2 is 1.91 bits per heavy atom. The first-order valence-electron chi connectivity index (χ1n) is 7.05. The molecule has 2 rings (SSSR count). The van der Waals surface area contributed by atoms with Crippen molar-refractivity contribution in [1.29, 1.82) is 0 Å². The number of amides is 1. The summed E-state index contributed by atoms with van der Waals surface area (Å²) in [5.74, 6) is 1.06. The molecule has 7 heteroatoms. The van der Waals surface area contributed by atoms with Crippen molar-refractivity contribution < 1.29 is 31.4 Å². The average molecular weight is 330 g/mol. The zero-order valence-corrected chi connectivity index (χ0v) is 13.7. The van der Waals surface area contributed by atoms with Crippen LogP contribution in [0, 0.1) is 0 Å². The van der Waals surface area contributed by atoms with Gasteiger partial charge in [-0.15, -0.1) is 0 Å². The fourth-order valence-electron chi connectivity index (χ4n) is 2.23. The van der Waals surface area contributed by atoms with Crippen LogP contribution in [0.5, 0.6) is 11.5 Å². The maximum absolute atomic E-state index is 12.1. The topological polar surface area (TPSA) is 60.0 Å². The highest BCUT2D eigenvalue weighted by Gasteiger charge is 2.12.